The van der Waals surface area contributed by atoms with E-state index in [4.69, 9.17) is 10.5 Å². The number of amides is 2. The lowest BCUT2D eigenvalue weighted by Gasteiger charge is -2.58. The highest BCUT2D eigenvalue weighted by atomic mass is 19.4. The fraction of sp³-hybridized carbons (Fsp3) is 0.714. The Kier molecular flexibility index (Phi) is 4.67. The topological polar surface area (TPSA) is 98.4 Å². The molecule has 1 aromatic heterocycles. The van der Waals surface area contributed by atoms with E-state index in [0.29, 0.717) is 31.7 Å². The van der Waals surface area contributed by atoms with Crippen molar-refractivity contribution in [3.8, 4) is 0 Å². The third-order valence-electron chi connectivity index (χ3n) is 7.72. The first kappa shape index (κ1) is 20.5. The number of ether oxygens (including phenoxy) is 1. The van der Waals surface area contributed by atoms with Crippen LogP contribution in [0.4, 0.5) is 18.0 Å². The van der Waals surface area contributed by atoms with Crippen molar-refractivity contribution < 1.29 is 27.5 Å². The van der Waals surface area contributed by atoms with Crippen LogP contribution in [0.1, 0.15) is 56.0 Å². The average molecular weight is 438 g/mol. The van der Waals surface area contributed by atoms with Gasteiger partial charge in [0.1, 0.15) is 17.6 Å². The van der Waals surface area contributed by atoms with Crippen LogP contribution < -0.4 is 5.73 Å². The largest absolute Gasteiger partial charge is 0.446 e. The number of primary amides is 1. The predicted octanol–water partition coefficient (Wildman–Crippen LogP) is 3.10. The van der Waals surface area contributed by atoms with Crippen molar-refractivity contribution >= 4 is 12.0 Å². The maximum Gasteiger partial charge on any atom is 0.433 e. The molecule has 6 atom stereocenters. The maximum atomic E-state index is 12.9. The highest BCUT2D eigenvalue weighted by Gasteiger charge is 2.59. The Morgan fingerprint density at radius 1 is 1.19 bits per heavy atom. The fourth-order valence-electron chi connectivity index (χ4n) is 6.53. The molecule has 2 heterocycles. The van der Waals surface area contributed by atoms with Crippen molar-refractivity contribution in [2.45, 2.75) is 56.7 Å². The van der Waals surface area contributed by atoms with Crippen LogP contribution in [0.25, 0.3) is 0 Å². The van der Waals surface area contributed by atoms with Gasteiger partial charge in [-0.2, -0.15) is 13.2 Å². The van der Waals surface area contributed by atoms with Crippen molar-refractivity contribution in [1.29, 1.82) is 0 Å². The molecule has 1 aromatic rings. The Labute approximate surface area is 177 Å². The van der Waals surface area contributed by atoms with Gasteiger partial charge in [-0.3, -0.25) is 4.79 Å². The van der Waals surface area contributed by atoms with Gasteiger partial charge in [-0.25, -0.2) is 14.8 Å². The standard InChI is InChI=1S/C21H25F3N4O3/c22-21(23,24)15-1-3-26-17(27-15)12-2-4-28(10-12)19(30)31-16-13-5-11-6-14(16)9-20(7-11,8-13)18(25)29/h1,3,11-14,16H,2,4-10H2,(H2,25,29)/t11?,12?,13-,14?,16?,20?/m1/s1. The smallest absolute Gasteiger partial charge is 0.433 e. The first-order chi connectivity index (χ1) is 14.6. The monoisotopic (exact) mass is 438 g/mol. The van der Waals surface area contributed by atoms with Gasteiger partial charge in [0.05, 0.1) is 5.41 Å². The first-order valence-corrected chi connectivity index (χ1v) is 10.8. The van der Waals surface area contributed by atoms with Crippen LogP contribution in [-0.4, -0.2) is 46.1 Å². The number of rotatable bonds is 3. The molecule has 4 bridgehead atoms. The second kappa shape index (κ2) is 7.06. The molecule has 2 amide bonds. The molecule has 5 aliphatic rings. The zero-order valence-electron chi connectivity index (χ0n) is 17.0. The Morgan fingerprint density at radius 3 is 2.55 bits per heavy atom. The molecule has 31 heavy (non-hydrogen) atoms. The minimum Gasteiger partial charge on any atom is -0.446 e. The zero-order chi connectivity index (χ0) is 22.0. The lowest BCUT2D eigenvalue weighted by molar-refractivity contribution is -0.161. The van der Waals surface area contributed by atoms with Gasteiger partial charge < -0.3 is 15.4 Å². The van der Waals surface area contributed by atoms with Gasteiger partial charge in [-0.1, -0.05) is 0 Å². The van der Waals surface area contributed by atoms with E-state index in [1.807, 2.05) is 0 Å². The van der Waals surface area contributed by atoms with Crippen LogP contribution in [-0.2, 0) is 15.7 Å². The number of hydrogen-bond acceptors (Lipinski definition) is 5. The van der Waals surface area contributed by atoms with Gasteiger partial charge in [0.2, 0.25) is 5.91 Å². The van der Waals surface area contributed by atoms with E-state index < -0.39 is 23.4 Å². The molecular formula is C21H25F3N4O3. The number of likely N-dealkylation sites (tertiary alicyclic amines) is 1. The molecule has 5 unspecified atom stereocenters. The number of aromatic nitrogens is 2. The van der Waals surface area contributed by atoms with Crippen LogP contribution in [0.5, 0.6) is 0 Å². The summed E-state index contributed by atoms with van der Waals surface area (Å²) < 4.78 is 44.7. The molecule has 1 saturated heterocycles. The quantitative estimate of drug-likeness (QED) is 0.782. The first-order valence-electron chi connectivity index (χ1n) is 10.8. The predicted molar refractivity (Wildman–Crippen MR) is 101 cm³/mol. The number of halogens is 3. The van der Waals surface area contributed by atoms with Crippen LogP contribution in [0.15, 0.2) is 12.3 Å². The minimum atomic E-state index is -4.53. The van der Waals surface area contributed by atoms with Crippen LogP contribution in [0, 0.1) is 23.2 Å². The summed E-state index contributed by atoms with van der Waals surface area (Å²) in [7, 11) is 0. The van der Waals surface area contributed by atoms with Gasteiger partial charge in [-0.15, -0.1) is 0 Å². The molecule has 4 saturated carbocycles. The molecule has 0 radical (unpaired) electrons. The molecule has 10 heteroatoms. The van der Waals surface area contributed by atoms with Crippen molar-refractivity contribution in [3.63, 3.8) is 0 Å². The third kappa shape index (κ3) is 3.53. The Bertz CT molecular complexity index is 892. The summed E-state index contributed by atoms with van der Waals surface area (Å²) in [6, 6.07) is 0.843. The van der Waals surface area contributed by atoms with Gasteiger partial charge in [0.25, 0.3) is 0 Å². The SMILES string of the molecule is NC(=O)C12CC3CC(C1)C(OC(=O)N1CCC(c4nccc(C(F)(F)F)n4)C1)[C@H](C3)C2. The number of hydrogen-bond donors (Lipinski definition) is 1. The highest BCUT2D eigenvalue weighted by molar-refractivity contribution is 5.81. The normalized spacial score (nSPS) is 36.6. The zero-order valence-corrected chi connectivity index (χ0v) is 17.0. The average Bonchev–Trinajstić information content (AvgIpc) is 3.20. The van der Waals surface area contributed by atoms with Crippen LogP contribution in [0.2, 0.25) is 0 Å². The van der Waals surface area contributed by atoms with Crippen LogP contribution in [0.3, 0.4) is 0 Å². The lowest BCUT2D eigenvalue weighted by atomic mass is 9.48. The second-order valence-electron chi connectivity index (χ2n) is 9.69. The number of alkyl halides is 3. The summed E-state index contributed by atoms with van der Waals surface area (Å²) in [5, 5.41) is 0. The molecule has 6 rings (SSSR count). The van der Waals surface area contributed by atoms with Crippen molar-refractivity contribution in [2.75, 3.05) is 13.1 Å². The van der Waals surface area contributed by atoms with E-state index in [9.17, 15) is 22.8 Å². The molecule has 0 spiro atoms. The molecule has 0 aromatic carbocycles. The summed E-state index contributed by atoms with van der Waals surface area (Å²) in [5.41, 5.74) is 4.29. The van der Waals surface area contributed by atoms with E-state index in [2.05, 4.69) is 9.97 Å². The summed E-state index contributed by atoms with van der Waals surface area (Å²) >= 11 is 0. The Hall–Kier alpha value is -2.39. The number of carbonyl (C=O) groups excluding carboxylic acids is 2. The number of carbonyl (C=O) groups is 2. The van der Waals surface area contributed by atoms with E-state index >= 15 is 0 Å². The Balaban J connectivity index is 1.23. The Morgan fingerprint density at radius 2 is 1.90 bits per heavy atom. The second-order valence-corrected chi connectivity index (χ2v) is 9.69. The van der Waals surface area contributed by atoms with Crippen molar-refractivity contribution in [2.24, 2.45) is 28.9 Å². The summed E-state index contributed by atoms with van der Waals surface area (Å²) in [6.07, 6.45) is 0.490. The third-order valence-corrected chi connectivity index (χ3v) is 7.72. The molecule has 5 fully saturated rings. The molecule has 1 aliphatic heterocycles. The van der Waals surface area contributed by atoms with Gasteiger partial charge >= 0.3 is 12.3 Å². The number of nitrogens with two attached hydrogens (primary N) is 1. The molecule has 168 valence electrons. The summed E-state index contributed by atoms with van der Waals surface area (Å²) in [6.45, 7) is 0.620. The maximum absolute atomic E-state index is 12.9. The van der Waals surface area contributed by atoms with E-state index in [0.717, 1.165) is 31.5 Å². The highest BCUT2D eigenvalue weighted by Crippen LogP contribution is 2.60. The van der Waals surface area contributed by atoms with Gasteiger partial charge in [-0.05, 0) is 62.3 Å². The molecule has 7 nitrogen and oxygen atoms in total. The van der Waals surface area contributed by atoms with Gasteiger partial charge in [0.15, 0.2) is 0 Å². The molecular weight excluding hydrogens is 413 g/mol. The minimum absolute atomic E-state index is 0.100. The van der Waals surface area contributed by atoms with Gasteiger partial charge in [0, 0.05) is 25.2 Å². The fourth-order valence-corrected chi connectivity index (χ4v) is 6.53. The number of nitrogens with zero attached hydrogens (tertiary/aromatic N) is 3. The summed E-state index contributed by atoms with van der Waals surface area (Å²) in [4.78, 5) is 34.1. The lowest BCUT2D eigenvalue weighted by Crippen LogP contribution is -2.59. The molecule has 4 aliphatic carbocycles. The van der Waals surface area contributed by atoms with Crippen molar-refractivity contribution in [1.82, 2.24) is 14.9 Å². The summed E-state index contributed by atoms with van der Waals surface area (Å²) in [5.74, 6) is 0.268. The van der Waals surface area contributed by atoms with E-state index in [-0.39, 0.29) is 42.1 Å². The van der Waals surface area contributed by atoms with Crippen LogP contribution >= 0.6 is 0 Å². The molecule has 2 N–H and O–H groups in total. The van der Waals surface area contributed by atoms with E-state index in [1.165, 1.54) is 4.90 Å². The van der Waals surface area contributed by atoms with Crippen molar-refractivity contribution in [3.05, 3.63) is 23.8 Å². The van der Waals surface area contributed by atoms with E-state index in [1.54, 1.807) is 0 Å².